The first-order chi connectivity index (χ1) is 8.90. The fourth-order valence-corrected chi connectivity index (χ4v) is 2.24. The molecule has 0 fully saturated rings. The lowest BCUT2D eigenvalue weighted by atomic mass is 9.84. The summed E-state index contributed by atoms with van der Waals surface area (Å²) in [5, 5.41) is 3.80. The zero-order valence-corrected chi connectivity index (χ0v) is 13.1. The van der Waals surface area contributed by atoms with E-state index in [0.717, 1.165) is 17.9 Å². The lowest BCUT2D eigenvalue weighted by molar-refractivity contribution is -0.125. The molecule has 1 rings (SSSR count). The highest BCUT2D eigenvalue weighted by atomic mass is 35.5. The Hall–Kier alpha value is -1.02. The number of amides is 1. The molecule has 0 atom stereocenters. The van der Waals surface area contributed by atoms with Crippen molar-refractivity contribution in [2.45, 2.75) is 46.0 Å². The molecular weight excluding hydrogens is 258 g/mol. The van der Waals surface area contributed by atoms with Crippen LogP contribution in [0.4, 0.5) is 0 Å². The summed E-state index contributed by atoms with van der Waals surface area (Å²) >= 11 is 5.90. The van der Waals surface area contributed by atoms with E-state index < -0.39 is 0 Å². The van der Waals surface area contributed by atoms with Crippen LogP contribution in [0.1, 0.15) is 46.1 Å². The number of hydrogen-bond donors (Lipinski definition) is 1. The fraction of sp³-hybridized carbons (Fsp3) is 0.562. The van der Waals surface area contributed by atoms with Gasteiger partial charge >= 0.3 is 0 Å². The highest BCUT2D eigenvalue weighted by molar-refractivity contribution is 6.30. The van der Waals surface area contributed by atoms with Gasteiger partial charge in [0.2, 0.25) is 5.91 Å². The number of carbonyl (C=O) groups excluding carboxylic acids is 1. The van der Waals surface area contributed by atoms with Crippen LogP contribution in [0, 0.1) is 5.92 Å². The summed E-state index contributed by atoms with van der Waals surface area (Å²) in [7, 11) is 0. The second kappa shape index (κ2) is 6.95. The van der Waals surface area contributed by atoms with Crippen LogP contribution in [0.25, 0.3) is 0 Å². The van der Waals surface area contributed by atoms with E-state index in [2.05, 4.69) is 33.0 Å². The molecule has 106 valence electrons. The van der Waals surface area contributed by atoms with Crippen molar-refractivity contribution in [1.82, 2.24) is 5.32 Å². The fourth-order valence-electron chi connectivity index (χ4n) is 2.12. The zero-order chi connectivity index (χ0) is 14.5. The predicted molar refractivity (Wildman–Crippen MR) is 81.6 cm³/mol. The van der Waals surface area contributed by atoms with Gasteiger partial charge in [-0.1, -0.05) is 51.4 Å². The number of nitrogens with one attached hydrogen (secondary N) is 1. The van der Waals surface area contributed by atoms with E-state index >= 15 is 0 Å². The highest BCUT2D eigenvalue weighted by Gasteiger charge is 2.23. The number of benzene rings is 1. The van der Waals surface area contributed by atoms with Gasteiger partial charge in [-0.25, -0.2) is 0 Å². The van der Waals surface area contributed by atoms with Crippen molar-refractivity contribution >= 4 is 17.5 Å². The van der Waals surface area contributed by atoms with Crippen LogP contribution < -0.4 is 5.32 Å². The third-order valence-electron chi connectivity index (χ3n) is 3.69. The van der Waals surface area contributed by atoms with Gasteiger partial charge in [0.05, 0.1) is 0 Å². The smallest absolute Gasteiger partial charge is 0.223 e. The number of carbonyl (C=O) groups is 1. The molecule has 0 saturated heterocycles. The molecule has 1 amide bonds. The zero-order valence-electron chi connectivity index (χ0n) is 12.3. The summed E-state index contributed by atoms with van der Waals surface area (Å²) < 4.78 is 0. The topological polar surface area (TPSA) is 29.1 Å². The van der Waals surface area contributed by atoms with Crippen molar-refractivity contribution < 1.29 is 4.79 Å². The van der Waals surface area contributed by atoms with Crippen LogP contribution in [0.2, 0.25) is 5.02 Å². The maximum absolute atomic E-state index is 12.0. The van der Waals surface area contributed by atoms with Gasteiger partial charge in [-0.3, -0.25) is 4.79 Å². The van der Waals surface area contributed by atoms with E-state index in [1.807, 2.05) is 24.3 Å². The van der Waals surface area contributed by atoms with Gasteiger partial charge in [-0.2, -0.15) is 0 Å². The molecule has 0 bridgehead atoms. The van der Waals surface area contributed by atoms with E-state index in [1.165, 1.54) is 5.56 Å². The van der Waals surface area contributed by atoms with Crippen LogP contribution in [-0.4, -0.2) is 12.5 Å². The molecule has 0 unspecified atom stereocenters. The monoisotopic (exact) mass is 281 g/mol. The Morgan fingerprint density at radius 3 is 2.21 bits per heavy atom. The molecule has 3 heteroatoms. The third kappa shape index (κ3) is 4.54. The molecule has 2 nitrogen and oxygen atoms in total. The number of rotatable bonds is 6. The molecule has 19 heavy (non-hydrogen) atoms. The summed E-state index contributed by atoms with van der Waals surface area (Å²) in [5.74, 6) is 0.285. The van der Waals surface area contributed by atoms with Crippen molar-refractivity contribution in [3.8, 4) is 0 Å². The second-order valence-electron chi connectivity index (χ2n) is 5.62. The van der Waals surface area contributed by atoms with Crippen LogP contribution in [0.5, 0.6) is 0 Å². The Kier molecular flexibility index (Phi) is 5.86. The average molecular weight is 282 g/mol. The van der Waals surface area contributed by atoms with Crippen molar-refractivity contribution in [1.29, 1.82) is 0 Å². The molecule has 0 radical (unpaired) electrons. The first-order valence-corrected chi connectivity index (χ1v) is 7.32. The maximum atomic E-state index is 12.0. The molecule has 0 saturated carbocycles. The number of halogens is 1. The average Bonchev–Trinajstić information content (AvgIpc) is 2.38. The molecule has 0 spiro atoms. The minimum atomic E-state index is -0.0910. The largest absolute Gasteiger partial charge is 0.355 e. The van der Waals surface area contributed by atoms with Crippen LogP contribution >= 0.6 is 11.6 Å². The van der Waals surface area contributed by atoms with Gasteiger partial charge in [-0.05, 0) is 30.5 Å². The molecule has 0 heterocycles. The van der Waals surface area contributed by atoms with Gasteiger partial charge in [-0.15, -0.1) is 0 Å². The van der Waals surface area contributed by atoms with Crippen molar-refractivity contribution in [2.75, 3.05) is 6.54 Å². The Balaban J connectivity index is 2.65. The number of hydrogen-bond acceptors (Lipinski definition) is 1. The normalized spacial score (nSPS) is 11.7. The molecule has 0 aliphatic heterocycles. The summed E-state index contributed by atoms with van der Waals surface area (Å²) in [6.07, 6.45) is 1.79. The Bertz CT molecular complexity index is 407. The summed E-state index contributed by atoms with van der Waals surface area (Å²) in [5.41, 5.74) is 1.09. The van der Waals surface area contributed by atoms with E-state index in [4.69, 9.17) is 11.6 Å². The van der Waals surface area contributed by atoms with Crippen LogP contribution in [0.3, 0.4) is 0 Å². The lowest BCUT2D eigenvalue weighted by Crippen LogP contribution is -2.39. The van der Waals surface area contributed by atoms with Crippen molar-refractivity contribution in [3.63, 3.8) is 0 Å². The molecule has 0 aliphatic rings. The standard InChI is InChI=1S/C16H24ClNO/c1-5-12(6-2)15(19)18-11-16(3,4)13-7-9-14(17)10-8-13/h7-10,12H,5-6,11H2,1-4H3,(H,18,19). The summed E-state index contributed by atoms with van der Waals surface area (Å²) in [4.78, 5) is 12.0. The Morgan fingerprint density at radius 1 is 1.21 bits per heavy atom. The van der Waals surface area contributed by atoms with Crippen molar-refractivity contribution in [2.24, 2.45) is 5.92 Å². The van der Waals surface area contributed by atoms with E-state index in [9.17, 15) is 4.79 Å². The predicted octanol–water partition coefficient (Wildman–Crippen LogP) is 4.17. The molecular formula is C16H24ClNO. The first kappa shape index (κ1) is 16.0. The van der Waals surface area contributed by atoms with Gasteiger partial charge < -0.3 is 5.32 Å². The first-order valence-electron chi connectivity index (χ1n) is 6.94. The van der Waals surface area contributed by atoms with Crippen molar-refractivity contribution in [3.05, 3.63) is 34.9 Å². The third-order valence-corrected chi connectivity index (χ3v) is 3.94. The highest BCUT2D eigenvalue weighted by Crippen LogP contribution is 2.24. The van der Waals surface area contributed by atoms with Gasteiger partial charge in [0, 0.05) is 22.9 Å². The van der Waals surface area contributed by atoms with E-state index in [0.29, 0.717) is 6.54 Å². The Morgan fingerprint density at radius 2 is 1.74 bits per heavy atom. The van der Waals surface area contributed by atoms with Gasteiger partial charge in [0.1, 0.15) is 0 Å². The maximum Gasteiger partial charge on any atom is 0.223 e. The van der Waals surface area contributed by atoms with Crippen LogP contribution in [0.15, 0.2) is 24.3 Å². The minimum absolute atomic E-state index is 0.0910. The minimum Gasteiger partial charge on any atom is -0.355 e. The van der Waals surface area contributed by atoms with Crippen LogP contribution in [-0.2, 0) is 10.2 Å². The van der Waals surface area contributed by atoms with Gasteiger partial charge in [0.15, 0.2) is 0 Å². The van der Waals surface area contributed by atoms with E-state index in [-0.39, 0.29) is 17.2 Å². The second-order valence-corrected chi connectivity index (χ2v) is 6.06. The molecule has 1 aromatic rings. The molecule has 1 aromatic carbocycles. The Labute approximate surface area is 121 Å². The molecule has 0 aliphatic carbocycles. The molecule has 0 aromatic heterocycles. The summed E-state index contributed by atoms with van der Waals surface area (Å²) in [6.45, 7) is 9.01. The lowest BCUT2D eigenvalue weighted by Gasteiger charge is -2.26. The molecule has 1 N–H and O–H groups in total. The SMILES string of the molecule is CCC(CC)C(=O)NCC(C)(C)c1ccc(Cl)cc1. The quantitative estimate of drug-likeness (QED) is 0.833. The van der Waals surface area contributed by atoms with E-state index in [1.54, 1.807) is 0 Å². The van der Waals surface area contributed by atoms with Gasteiger partial charge in [0.25, 0.3) is 0 Å². The summed E-state index contributed by atoms with van der Waals surface area (Å²) in [6, 6.07) is 7.82.